The molecule has 0 spiro atoms. The number of methoxy groups -OCH3 is 2. The summed E-state index contributed by atoms with van der Waals surface area (Å²) in [5.74, 6) is 1.47. The average Bonchev–Trinajstić information content (AvgIpc) is 2.82. The van der Waals surface area contributed by atoms with Gasteiger partial charge in [-0.2, -0.15) is 0 Å². The molecule has 0 bridgehead atoms. The number of hydrogen-bond donors (Lipinski definition) is 1. The third kappa shape index (κ3) is 2.58. The van der Waals surface area contributed by atoms with Gasteiger partial charge in [-0.15, -0.1) is 0 Å². The topological polar surface area (TPSA) is 30.5 Å². The minimum absolute atomic E-state index is 0.0703. The van der Waals surface area contributed by atoms with E-state index in [4.69, 9.17) is 21.7 Å². The van der Waals surface area contributed by atoms with E-state index in [-0.39, 0.29) is 6.04 Å². The van der Waals surface area contributed by atoms with Gasteiger partial charge >= 0.3 is 0 Å². The summed E-state index contributed by atoms with van der Waals surface area (Å²) in [4.78, 5) is 0.978. The summed E-state index contributed by atoms with van der Waals surface area (Å²) in [6.07, 6.45) is 3.15. The van der Waals surface area contributed by atoms with Crippen LogP contribution in [0.1, 0.15) is 31.9 Å². The zero-order valence-electron chi connectivity index (χ0n) is 12.4. The smallest absolute Gasteiger partial charge is 0.161 e. The van der Waals surface area contributed by atoms with Crippen molar-refractivity contribution in [1.82, 2.24) is 5.32 Å². The summed E-state index contributed by atoms with van der Waals surface area (Å²) >= 11 is 5.62. The van der Waals surface area contributed by atoms with Gasteiger partial charge in [-0.3, -0.25) is 5.32 Å². The van der Waals surface area contributed by atoms with Crippen LogP contribution in [-0.4, -0.2) is 25.1 Å². The van der Waals surface area contributed by atoms with Gasteiger partial charge in [0, 0.05) is 10.9 Å². The molecule has 1 heterocycles. The monoisotopic (exact) mass is 291 g/mol. The first kappa shape index (κ1) is 15.0. The van der Waals surface area contributed by atoms with Gasteiger partial charge < -0.3 is 9.47 Å². The van der Waals surface area contributed by atoms with Crippen LogP contribution in [-0.2, 0) is 0 Å². The number of rotatable bonds is 4. The van der Waals surface area contributed by atoms with Crippen LogP contribution in [0.3, 0.4) is 0 Å². The van der Waals surface area contributed by atoms with Crippen LogP contribution in [0.25, 0.3) is 0 Å². The SMILES string of the molecule is C/C=C1/C(=S)C(c2ccc(OC)c(OC)c2)NC1CC. The predicted molar refractivity (Wildman–Crippen MR) is 85.9 cm³/mol. The van der Waals surface area contributed by atoms with E-state index in [1.807, 2.05) is 25.1 Å². The minimum Gasteiger partial charge on any atom is -0.493 e. The molecule has 1 aliphatic rings. The van der Waals surface area contributed by atoms with Crippen LogP contribution in [0.4, 0.5) is 0 Å². The third-order valence-electron chi connectivity index (χ3n) is 3.75. The summed E-state index contributed by atoms with van der Waals surface area (Å²) in [5, 5.41) is 3.59. The molecule has 2 unspecified atom stereocenters. The highest BCUT2D eigenvalue weighted by molar-refractivity contribution is 7.81. The number of ether oxygens (including phenoxy) is 2. The fourth-order valence-electron chi connectivity index (χ4n) is 2.67. The zero-order valence-corrected chi connectivity index (χ0v) is 13.2. The molecule has 2 atom stereocenters. The highest BCUT2D eigenvalue weighted by Gasteiger charge is 2.33. The molecule has 1 fully saturated rings. The maximum Gasteiger partial charge on any atom is 0.161 e. The van der Waals surface area contributed by atoms with Crippen molar-refractivity contribution in [3.8, 4) is 11.5 Å². The minimum atomic E-state index is 0.0703. The van der Waals surface area contributed by atoms with E-state index in [1.165, 1.54) is 5.57 Å². The van der Waals surface area contributed by atoms with E-state index in [0.717, 1.165) is 28.3 Å². The summed E-state index contributed by atoms with van der Waals surface area (Å²) in [6.45, 7) is 4.21. The standard InChI is InChI=1S/C16H21NO2S/c1-5-11-12(6-2)17-15(16(11)20)10-7-8-13(18-3)14(9-10)19-4/h5,7-9,12,15,17H,6H2,1-4H3/b11-5+. The molecule has 0 radical (unpaired) electrons. The van der Waals surface area contributed by atoms with Crippen LogP contribution < -0.4 is 14.8 Å². The largest absolute Gasteiger partial charge is 0.493 e. The summed E-state index contributed by atoms with van der Waals surface area (Å²) in [5.41, 5.74) is 2.35. The molecule has 3 nitrogen and oxygen atoms in total. The summed E-state index contributed by atoms with van der Waals surface area (Å²) in [7, 11) is 3.29. The average molecular weight is 291 g/mol. The fourth-order valence-corrected chi connectivity index (χ4v) is 3.13. The van der Waals surface area contributed by atoms with E-state index in [2.05, 4.69) is 18.3 Å². The van der Waals surface area contributed by atoms with Crippen molar-refractivity contribution < 1.29 is 9.47 Å². The van der Waals surface area contributed by atoms with Crippen molar-refractivity contribution >= 4 is 17.1 Å². The van der Waals surface area contributed by atoms with E-state index < -0.39 is 0 Å². The molecule has 0 amide bonds. The van der Waals surface area contributed by atoms with E-state index >= 15 is 0 Å². The molecule has 108 valence electrons. The van der Waals surface area contributed by atoms with Crippen LogP contribution in [0.2, 0.25) is 0 Å². The number of nitrogens with one attached hydrogen (secondary N) is 1. The molecular weight excluding hydrogens is 270 g/mol. The second-order valence-corrected chi connectivity index (χ2v) is 5.22. The molecule has 1 N–H and O–H groups in total. The molecule has 20 heavy (non-hydrogen) atoms. The van der Waals surface area contributed by atoms with Gasteiger partial charge in [-0.25, -0.2) is 0 Å². The Labute approximate surface area is 126 Å². The quantitative estimate of drug-likeness (QED) is 0.680. The Morgan fingerprint density at radius 2 is 1.95 bits per heavy atom. The highest BCUT2D eigenvalue weighted by atomic mass is 32.1. The predicted octanol–water partition coefficient (Wildman–Crippen LogP) is 3.44. The van der Waals surface area contributed by atoms with Crippen molar-refractivity contribution in [3.05, 3.63) is 35.4 Å². The highest BCUT2D eigenvalue weighted by Crippen LogP contribution is 2.35. The molecular formula is C16H21NO2S. The van der Waals surface area contributed by atoms with Gasteiger partial charge in [0.2, 0.25) is 0 Å². The molecule has 2 rings (SSSR count). The van der Waals surface area contributed by atoms with E-state index in [9.17, 15) is 0 Å². The summed E-state index contributed by atoms with van der Waals surface area (Å²) in [6, 6.07) is 6.37. The van der Waals surface area contributed by atoms with Gasteiger partial charge in [0.15, 0.2) is 11.5 Å². The normalized spacial score (nSPS) is 24.2. The first-order valence-electron chi connectivity index (χ1n) is 6.84. The van der Waals surface area contributed by atoms with E-state index in [1.54, 1.807) is 14.2 Å². The first-order chi connectivity index (χ1) is 9.65. The molecule has 0 aliphatic carbocycles. The van der Waals surface area contributed by atoms with Crippen molar-refractivity contribution in [3.63, 3.8) is 0 Å². The third-order valence-corrected chi connectivity index (χ3v) is 4.22. The molecule has 0 saturated carbocycles. The van der Waals surface area contributed by atoms with Gasteiger partial charge in [-0.05, 0) is 36.6 Å². The lowest BCUT2D eigenvalue weighted by Gasteiger charge is -2.15. The van der Waals surface area contributed by atoms with Crippen LogP contribution in [0.5, 0.6) is 11.5 Å². The zero-order chi connectivity index (χ0) is 14.7. The Hall–Kier alpha value is -1.39. The number of allylic oxidation sites excluding steroid dienone is 1. The Bertz CT molecular complexity index is 539. The fraction of sp³-hybridized carbons (Fsp3) is 0.438. The Kier molecular flexibility index (Phi) is 4.78. The Balaban J connectivity index is 2.35. The van der Waals surface area contributed by atoms with E-state index in [0.29, 0.717) is 6.04 Å². The molecule has 1 aliphatic heterocycles. The van der Waals surface area contributed by atoms with Gasteiger partial charge in [-0.1, -0.05) is 31.3 Å². The second-order valence-electron chi connectivity index (χ2n) is 4.78. The van der Waals surface area contributed by atoms with Crippen molar-refractivity contribution in [2.75, 3.05) is 14.2 Å². The number of thiocarbonyl (C=S) groups is 1. The van der Waals surface area contributed by atoms with Gasteiger partial charge in [0.05, 0.1) is 20.3 Å². The molecule has 1 saturated heterocycles. The molecule has 1 aromatic carbocycles. The number of benzene rings is 1. The van der Waals surface area contributed by atoms with Crippen LogP contribution in [0.15, 0.2) is 29.8 Å². The van der Waals surface area contributed by atoms with Crippen molar-refractivity contribution in [1.29, 1.82) is 0 Å². The Morgan fingerprint density at radius 1 is 1.25 bits per heavy atom. The van der Waals surface area contributed by atoms with Gasteiger partial charge in [0.25, 0.3) is 0 Å². The molecule has 4 heteroatoms. The van der Waals surface area contributed by atoms with Crippen molar-refractivity contribution in [2.24, 2.45) is 0 Å². The molecule has 0 aromatic heterocycles. The van der Waals surface area contributed by atoms with Crippen LogP contribution in [0, 0.1) is 0 Å². The Morgan fingerprint density at radius 3 is 2.45 bits per heavy atom. The lowest BCUT2D eigenvalue weighted by atomic mass is 10.0. The first-order valence-corrected chi connectivity index (χ1v) is 7.25. The van der Waals surface area contributed by atoms with Gasteiger partial charge in [0.1, 0.15) is 0 Å². The second kappa shape index (κ2) is 6.37. The van der Waals surface area contributed by atoms with Crippen LogP contribution >= 0.6 is 12.2 Å². The summed E-state index contributed by atoms with van der Waals surface area (Å²) < 4.78 is 10.6. The molecule has 1 aromatic rings. The van der Waals surface area contributed by atoms with Crippen molar-refractivity contribution in [2.45, 2.75) is 32.4 Å². The lowest BCUT2D eigenvalue weighted by Crippen LogP contribution is -2.24. The maximum absolute atomic E-state index is 5.62. The lowest BCUT2D eigenvalue weighted by molar-refractivity contribution is 0.354. The maximum atomic E-state index is 5.62. The number of hydrogen-bond acceptors (Lipinski definition) is 4.